The fourth-order valence-electron chi connectivity index (χ4n) is 4.65. The van der Waals surface area contributed by atoms with Gasteiger partial charge in [0.25, 0.3) is 0 Å². The zero-order valence-corrected chi connectivity index (χ0v) is 19.3. The highest BCUT2D eigenvalue weighted by Crippen LogP contribution is 2.66. The minimum atomic E-state index is -0.768. The van der Waals surface area contributed by atoms with Gasteiger partial charge in [0.2, 0.25) is 0 Å². The molecule has 1 aliphatic carbocycles. The molecule has 1 heterocycles. The average Bonchev–Trinajstić information content (AvgIpc) is 3.43. The third kappa shape index (κ3) is 4.36. The molecule has 1 aromatic carbocycles. The smallest absolute Gasteiger partial charge is 0.307 e. The predicted octanol–water partition coefficient (Wildman–Crippen LogP) is 3.80. The van der Waals surface area contributed by atoms with Gasteiger partial charge in [-0.05, 0) is 59.1 Å². The van der Waals surface area contributed by atoms with Gasteiger partial charge in [-0.2, -0.15) is 0 Å². The fraction of sp³-hybridized carbons (Fsp3) is 0.708. The molecule has 2 aliphatic rings. The zero-order chi connectivity index (χ0) is 22.4. The Morgan fingerprint density at radius 1 is 1.37 bits per heavy atom. The van der Waals surface area contributed by atoms with Crippen molar-refractivity contribution in [3.8, 4) is 5.75 Å². The van der Waals surface area contributed by atoms with Crippen LogP contribution in [0.5, 0.6) is 5.75 Å². The van der Waals surface area contributed by atoms with Crippen molar-refractivity contribution >= 4 is 5.97 Å². The van der Waals surface area contributed by atoms with Gasteiger partial charge in [0.1, 0.15) is 11.4 Å². The van der Waals surface area contributed by atoms with E-state index >= 15 is 0 Å². The highest BCUT2D eigenvalue weighted by Gasteiger charge is 2.67. The van der Waals surface area contributed by atoms with Crippen molar-refractivity contribution in [3.05, 3.63) is 28.8 Å². The van der Waals surface area contributed by atoms with E-state index in [9.17, 15) is 15.0 Å². The fourth-order valence-corrected chi connectivity index (χ4v) is 4.65. The molecule has 1 saturated carbocycles. The number of hydrogen-bond acceptors (Lipinski definition) is 5. The molecule has 168 valence electrons. The summed E-state index contributed by atoms with van der Waals surface area (Å²) in [7, 11) is 0. The third-order valence-electron chi connectivity index (χ3n) is 6.91. The molecule has 6 nitrogen and oxygen atoms in total. The Morgan fingerprint density at radius 3 is 2.63 bits per heavy atom. The maximum Gasteiger partial charge on any atom is 0.307 e. The molecule has 0 spiro atoms. The molecule has 1 aliphatic heterocycles. The number of carbonyl (C=O) groups is 1. The lowest BCUT2D eigenvalue weighted by Crippen LogP contribution is -2.44. The Balaban J connectivity index is 1.76. The molecule has 0 saturated heterocycles. The topological polar surface area (TPSA) is 88.0 Å². The van der Waals surface area contributed by atoms with Gasteiger partial charge >= 0.3 is 5.97 Å². The quantitative estimate of drug-likeness (QED) is 0.564. The van der Waals surface area contributed by atoms with Gasteiger partial charge in [0.15, 0.2) is 0 Å². The van der Waals surface area contributed by atoms with Gasteiger partial charge in [-0.15, -0.1) is 0 Å². The van der Waals surface area contributed by atoms with Crippen molar-refractivity contribution in [3.63, 3.8) is 0 Å². The Labute approximate surface area is 180 Å². The first-order valence-corrected chi connectivity index (χ1v) is 11.0. The van der Waals surface area contributed by atoms with E-state index in [2.05, 4.69) is 26.1 Å². The Morgan fingerprint density at radius 2 is 2.03 bits per heavy atom. The number of aliphatic carboxylic acids is 1. The van der Waals surface area contributed by atoms with Crippen LogP contribution in [-0.4, -0.2) is 46.6 Å². The Hall–Kier alpha value is -1.63. The molecule has 5 unspecified atom stereocenters. The summed E-state index contributed by atoms with van der Waals surface area (Å²) in [4.78, 5) is 11.9. The largest absolute Gasteiger partial charge is 0.487 e. The number of β-amino-alcohol motifs (C(OH)–C–C–N with tert-alkyl or cyclic N) is 1. The van der Waals surface area contributed by atoms with Crippen LogP contribution in [-0.2, 0) is 9.53 Å². The number of aliphatic hydroxyl groups excluding tert-OH is 1. The zero-order valence-electron chi connectivity index (χ0n) is 19.3. The van der Waals surface area contributed by atoms with Gasteiger partial charge in [-0.25, -0.2) is 0 Å². The summed E-state index contributed by atoms with van der Waals surface area (Å²) in [6.07, 6.45) is 0.0831. The Bertz CT molecular complexity index is 803. The minimum absolute atomic E-state index is 0.0282. The molecule has 30 heavy (non-hydrogen) atoms. The van der Waals surface area contributed by atoms with Crippen LogP contribution in [0.15, 0.2) is 12.1 Å². The SMILES string of the molecule is CCC(C)(C)NCC(O)COC(C)c1ccc(C)c2c1C1C(C(=O)O)C1C(C)(C)O2. The van der Waals surface area contributed by atoms with Crippen LogP contribution in [0, 0.1) is 18.8 Å². The van der Waals surface area contributed by atoms with E-state index < -0.39 is 23.6 Å². The van der Waals surface area contributed by atoms with Gasteiger partial charge < -0.3 is 25.0 Å². The molecule has 3 N–H and O–H groups in total. The molecule has 0 radical (unpaired) electrons. The van der Waals surface area contributed by atoms with Crippen LogP contribution in [0.1, 0.15) is 76.7 Å². The lowest BCUT2D eigenvalue weighted by atomic mass is 9.88. The predicted molar refractivity (Wildman–Crippen MR) is 116 cm³/mol. The number of carboxylic acids is 1. The second-order valence-electron chi connectivity index (χ2n) is 10.1. The first-order valence-electron chi connectivity index (χ1n) is 11.0. The number of nitrogens with one attached hydrogen (secondary N) is 1. The van der Waals surface area contributed by atoms with Crippen LogP contribution < -0.4 is 10.1 Å². The highest BCUT2D eigenvalue weighted by atomic mass is 16.5. The van der Waals surface area contributed by atoms with Crippen molar-refractivity contribution in [1.29, 1.82) is 0 Å². The Kier molecular flexibility index (Phi) is 6.25. The van der Waals surface area contributed by atoms with E-state index in [1.807, 2.05) is 39.8 Å². The van der Waals surface area contributed by atoms with E-state index in [1.165, 1.54) is 0 Å². The number of fused-ring (bicyclic) bond motifs is 3. The molecule has 1 aromatic rings. The van der Waals surface area contributed by atoms with Gasteiger partial charge in [-0.3, -0.25) is 4.79 Å². The van der Waals surface area contributed by atoms with Crippen molar-refractivity contribution in [2.24, 2.45) is 11.8 Å². The molecule has 0 bridgehead atoms. The van der Waals surface area contributed by atoms with E-state index in [-0.39, 0.29) is 30.1 Å². The number of aliphatic hydroxyl groups is 1. The lowest BCUT2D eigenvalue weighted by molar-refractivity contribution is -0.139. The summed E-state index contributed by atoms with van der Waals surface area (Å²) in [6, 6.07) is 4.02. The molecule has 5 atom stereocenters. The maximum absolute atomic E-state index is 11.9. The summed E-state index contributed by atoms with van der Waals surface area (Å²) in [5, 5.41) is 23.4. The van der Waals surface area contributed by atoms with Crippen LogP contribution in [0.2, 0.25) is 0 Å². The first kappa shape index (κ1) is 23.0. The molecule has 3 rings (SSSR count). The summed E-state index contributed by atoms with van der Waals surface area (Å²) in [6.45, 7) is 14.9. The maximum atomic E-state index is 11.9. The number of benzene rings is 1. The lowest BCUT2D eigenvalue weighted by Gasteiger charge is -2.35. The van der Waals surface area contributed by atoms with E-state index in [0.29, 0.717) is 6.54 Å². The standard InChI is InChI=1S/C24H37NO5/c1-8-23(4,5)25-11-15(26)12-29-14(3)16-10-9-13(2)21-17(16)18-19(22(27)28)20(18)24(6,7)30-21/h9-10,14-15,18-20,25-26H,8,11-12H2,1-7H3,(H,27,28). The number of aryl methyl sites for hydroxylation is 1. The van der Waals surface area contributed by atoms with Crippen molar-refractivity contribution in [2.45, 2.75) is 84.2 Å². The summed E-state index contributed by atoms with van der Waals surface area (Å²) >= 11 is 0. The summed E-state index contributed by atoms with van der Waals surface area (Å²) in [5.74, 6) is -0.499. The molecule has 0 amide bonds. The summed E-state index contributed by atoms with van der Waals surface area (Å²) < 4.78 is 12.3. The average molecular weight is 420 g/mol. The highest BCUT2D eigenvalue weighted by molar-refractivity contribution is 5.78. The first-order chi connectivity index (χ1) is 13.9. The second-order valence-corrected chi connectivity index (χ2v) is 10.1. The molecule has 6 heteroatoms. The monoisotopic (exact) mass is 419 g/mol. The minimum Gasteiger partial charge on any atom is -0.487 e. The second kappa shape index (κ2) is 8.13. The summed E-state index contributed by atoms with van der Waals surface area (Å²) in [5.41, 5.74) is 2.40. The van der Waals surface area contributed by atoms with Crippen LogP contribution in [0.4, 0.5) is 0 Å². The normalized spacial score (nSPS) is 26.2. The number of rotatable bonds is 9. The van der Waals surface area contributed by atoms with E-state index in [0.717, 1.165) is 28.9 Å². The number of ether oxygens (including phenoxy) is 2. The van der Waals surface area contributed by atoms with Crippen LogP contribution in [0.25, 0.3) is 0 Å². The van der Waals surface area contributed by atoms with E-state index in [1.54, 1.807) is 0 Å². The van der Waals surface area contributed by atoms with Crippen molar-refractivity contribution in [2.75, 3.05) is 13.2 Å². The van der Waals surface area contributed by atoms with Crippen LogP contribution in [0.3, 0.4) is 0 Å². The molecule has 1 fully saturated rings. The number of carboxylic acid groups (broad SMARTS) is 1. The number of hydrogen-bond donors (Lipinski definition) is 3. The third-order valence-corrected chi connectivity index (χ3v) is 6.91. The van der Waals surface area contributed by atoms with Crippen molar-refractivity contribution < 1.29 is 24.5 Å². The van der Waals surface area contributed by atoms with E-state index in [4.69, 9.17) is 9.47 Å². The van der Waals surface area contributed by atoms with Gasteiger partial charge in [0.05, 0.1) is 24.7 Å². The van der Waals surface area contributed by atoms with Gasteiger partial charge in [0, 0.05) is 29.5 Å². The molecule has 0 aromatic heterocycles. The molecular weight excluding hydrogens is 382 g/mol. The van der Waals surface area contributed by atoms with Gasteiger partial charge in [-0.1, -0.05) is 19.1 Å². The van der Waals surface area contributed by atoms with Crippen LogP contribution >= 0.6 is 0 Å². The molecular formula is C24H37NO5. The van der Waals surface area contributed by atoms with Crippen molar-refractivity contribution in [1.82, 2.24) is 5.32 Å².